The van der Waals surface area contributed by atoms with E-state index in [1.54, 1.807) is 18.2 Å². The van der Waals surface area contributed by atoms with Gasteiger partial charge >= 0.3 is 5.97 Å². The van der Waals surface area contributed by atoms with Crippen LogP contribution in [0.1, 0.15) is 17.3 Å². The van der Waals surface area contributed by atoms with Crippen LogP contribution in [0.15, 0.2) is 47.3 Å². The van der Waals surface area contributed by atoms with Crippen molar-refractivity contribution in [1.82, 2.24) is 4.57 Å². The van der Waals surface area contributed by atoms with E-state index in [-0.39, 0.29) is 17.0 Å². The SMILES string of the molecule is COc1cccc2c1c(OC(C)=O)c(C(=O)Nc1ccc(F)cc1)c(=O)n2C. The summed E-state index contributed by atoms with van der Waals surface area (Å²) in [4.78, 5) is 37.4. The summed E-state index contributed by atoms with van der Waals surface area (Å²) in [5, 5.41) is 2.83. The van der Waals surface area contributed by atoms with E-state index in [1.165, 1.54) is 49.9 Å². The van der Waals surface area contributed by atoms with Crippen LogP contribution in [0.25, 0.3) is 10.9 Å². The van der Waals surface area contributed by atoms with Crippen LogP contribution in [0.5, 0.6) is 11.5 Å². The number of nitrogens with zero attached hydrogens (tertiary/aromatic N) is 1. The van der Waals surface area contributed by atoms with Crippen LogP contribution in [-0.2, 0) is 11.8 Å². The second kappa shape index (κ2) is 7.51. The van der Waals surface area contributed by atoms with Crippen molar-refractivity contribution in [2.75, 3.05) is 12.4 Å². The summed E-state index contributed by atoms with van der Waals surface area (Å²) in [5.41, 5.74) is -0.308. The predicted octanol–water partition coefficient (Wildman–Crippen LogP) is 2.86. The van der Waals surface area contributed by atoms with Gasteiger partial charge in [0, 0.05) is 19.7 Å². The quantitative estimate of drug-likeness (QED) is 0.699. The average molecular weight is 384 g/mol. The lowest BCUT2D eigenvalue weighted by molar-refractivity contribution is -0.131. The number of anilines is 1. The largest absolute Gasteiger partial charge is 0.496 e. The van der Waals surface area contributed by atoms with Gasteiger partial charge in [-0.15, -0.1) is 0 Å². The number of carbonyl (C=O) groups excluding carboxylic acids is 2. The topological polar surface area (TPSA) is 86.6 Å². The smallest absolute Gasteiger partial charge is 0.308 e. The van der Waals surface area contributed by atoms with Crippen LogP contribution in [-0.4, -0.2) is 23.6 Å². The summed E-state index contributed by atoms with van der Waals surface area (Å²) in [6.07, 6.45) is 0. The number of nitrogens with one attached hydrogen (secondary N) is 1. The summed E-state index contributed by atoms with van der Waals surface area (Å²) in [6.45, 7) is 1.17. The molecule has 0 atom stereocenters. The minimum Gasteiger partial charge on any atom is -0.496 e. The Labute approximate surface area is 159 Å². The highest BCUT2D eigenvalue weighted by molar-refractivity contribution is 6.10. The molecule has 0 aliphatic carbocycles. The number of aryl methyl sites for hydroxylation is 1. The Balaban J connectivity index is 2.26. The lowest BCUT2D eigenvalue weighted by Gasteiger charge is -2.16. The molecule has 0 saturated carbocycles. The average Bonchev–Trinajstić information content (AvgIpc) is 2.66. The molecule has 1 aromatic heterocycles. The van der Waals surface area contributed by atoms with Gasteiger partial charge in [-0.3, -0.25) is 14.4 Å². The maximum Gasteiger partial charge on any atom is 0.308 e. The Morgan fingerprint density at radius 3 is 2.39 bits per heavy atom. The van der Waals surface area contributed by atoms with Gasteiger partial charge in [-0.2, -0.15) is 0 Å². The molecule has 3 aromatic rings. The lowest BCUT2D eigenvalue weighted by Crippen LogP contribution is -2.29. The van der Waals surface area contributed by atoms with E-state index in [9.17, 15) is 18.8 Å². The first-order chi connectivity index (χ1) is 13.3. The molecule has 7 nitrogen and oxygen atoms in total. The highest BCUT2D eigenvalue weighted by atomic mass is 19.1. The maximum atomic E-state index is 13.1. The highest BCUT2D eigenvalue weighted by Crippen LogP contribution is 2.35. The number of amides is 1. The van der Waals surface area contributed by atoms with Gasteiger partial charge in [0.15, 0.2) is 5.75 Å². The summed E-state index contributed by atoms with van der Waals surface area (Å²) in [6, 6.07) is 10.00. The van der Waals surface area contributed by atoms with E-state index < -0.39 is 23.3 Å². The second-order valence-electron chi connectivity index (χ2n) is 5.98. The van der Waals surface area contributed by atoms with Crippen molar-refractivity contribution in [1.29, 1.82) is 0 Å². The Kier molecular flexibility index (Phi) is 5.12. The number of fused-ring (bicyclic) bond motifs is 1. The number of hydrogen-bond donors (Lipinski definition) is 1. The molecule has 144 valence electrons. The van der Waals surface area contributed by atoms with E-state index >= 15 is 0 Å². The number of carbonyl (C=O) groups is 2. The molecular formula is C20H17FN2O5. The van der Waals surface area contributed by atoms with Crippen molar-refractivity contribution in [3.63, 3.8) is 0 Å². The molecule has 1 N–H and O–H groups in total. The normalized spacial score (nSPS) is 10.6. The van der Waals surface area contributed by atoms with Crippen molar-refractivity contribution >= 4 is 28.5 Å². The van der Waals surface area contributed by atoms with Crippen molar-refractivity contribution in [3.8, 4) is 11.5 Å². The van der Waals surface area contributed by atoms with Crippen molar-refractivity contribution in [3.05, 3.63) is 64.2 Å². The minimum atomic E-state index is -0.795. The van der Waals surface area contributed by atoms with Gasteiger partial charge in [-0.1, -0.05) is 6.07 Å². The third-order valence-corrected chi connectivity index (χ3v) is 4.13. The van der Waals surface area contributed by atoms with E-state index in [0.29, 0.717) is 16.7 Å². The number of esters is 1. The number of aromatic nitrogens is 1. The molecule has 0 saturated heterocycles. The second-order valence-corrected chi connectivity index (χ2v) is 5.98. The highest BCUT2D eigenvalue weighted by Gasteiger charge is 2.26. The summed E-state index contributed by atoms with van der Waals surface area (Å²) >= 11 is 0. The van der Waals surface area contributed by atoms with Crippen molar-refractivity contribution < 1.29 is 23.5 Å². The predicted molar refractivity (Wildman–Crippen MR) is 101 cm³/mol. The molecular weight excluding hydrogens is 367 g/mol. The molecule has 3 rings (SSSR count). The number of ether oxygens (including phenoxy) is 2. The number of hydrogen-bond acceptors (Lipinski definition) is 5. The fourth-order valence-electron chi connectivity index (χ4n) is 2.87. The molecule has 0 fully saturated rings. The minimum absolute atomic E-state index is 0.192. The monoisotopic (exact) mass is 384 g/mol. The number of halogens is 1. The van der Waals surface area contributed by atoms with E-state index in [4.69, 9.17) is 9.47 Å². The van der Waals surface area contributed by atoms with Gasteiger partial charge in [0.2, 0.25) is 0 Å². The van der Waals surface area contributed by atoms with Gasteiger partial charge in [0.25, 0.3) is 11.5 Å². The molecule has 1 amide bonds. The van der Waals surface area contributed by atoms with Crippen molar-refractivity contribution in [2.45, 2.75) is 6.92 Å². The molecule has 0 unspecified atom stereocenters. The third-order valence-electron chi connectivity index (χ3n) is 4.13. The summed E-state index contributed by atoms with van der Waals surface area (Å²) in [7, 11) is 2.92. The molecule has 0 spiro atoms. The fraction of sp³-hybridized carbons (Fsp3) is 0.150. The standard InChI is InChI=1S/C20H17FN2O5/c1-11(24)28-18-16-14(5-4-6-15(16)27-3)23(2)20(26)17(18)19(25)22-13-9-7-12(21)8-10-13/h4-10H,1-3H3,(H,22,25). The van der Waals surface area contributed by atoms with Crippen molar-refractivity contribution in [2.24, 2.45) is 7.05 Å². The summed E-state index contributed by atoms with van der Waals surface area (Å²) < 4.78 is 25.0. The van der Waals surface area contributed by atoms with E-state index in [1.807, 2.05) is 0 Å². The van der Waals surface area contributed by atoms with Gasteiger partial charge < -0.3 is 19.4 Å². The molecule has 2 aromatic carbocycles. The molecule has 8 heteroatoms. The van der Waals surface area contributed by atoms with Gasteiger partial charge in [0.1, 0.15) is 17.1 Å². The molecule has 28 heavy (non-hydrogen) atoms. The Morgan fingerprint density at radius 1 is 1.11 bits per heavy atom. The zero-order valence-corrected chi connectivity index (χ0v) is 15.4. The van der Waals surface area contributed by atoms with Crippen LogP contribution < -0.4 is 20.3 Å². The van der Waals surface area contributed by atoms with Crippen LogP contribution in [0.2, 0.25) is 0 Å². The molecule has 0 bridgehead atoms. The number of rotatable bonds is 4. The van der Waals surface area contributed by atoms with E-state index in [2.05, 4.69) is 5.32 Å². The Hall–Kier alpha value is -3.68. The van der Waals surface area contributed by atoms with Gasteiger partial charge in [-0.05, 0) is 36.4 Å². The van der Waals surface area contributed by atoms with Crippen LogP contribution in [0.4, 0.5) is 10.1 Å². The Morgan fingerprint density at radius 2 is 1.79 bits per heavy atom. The summed E-state index contributed by atoms with van der Waals surface area (Å²) in [5.74, 6) is -1.82. The fourth-order valence-corrected chi connectivity index (χ4v) is 2.87. The number of benzene rings is 2. The molecule has 1 heterocycles. The maximum absolute atomic E-state index is 13.1. The van der Waals surface area contributed by atoms with Crippen LogP contribution in [0, 0.1) is 5.82 Å². The van der Waals surface area contributed by atoms with Gasteiger partial charge in [0.05, 0.1) is 18.0 Å². The van der Waals surface area contributed by atoms with E-state index in [0.717, 1.165) is 0 Å². The zero-order valence-electron chi connectivity index (χ0n) is 15.4. The first kappa shape index (κ1) is 19.1. The first-order valence-corrected chi connectivity index (χ1v) is 8.28. The lowest BCUT2D eigenvalue weighted by atomic mass is 10.1. The number of methoxy groups -OCH3 is 1. The number of pyridine rings is 1. The van der Waals surface area contributed by atoms with Crippen LogP contribution in [0.3, 0.4) is 0 Å². The van der Waals surface area contributed by atoms with Gasteiger partial charge in [-0.25, -0.2) is 4.39 Å². The van der Waals surface area contributed by atoms with Crippen LogP contribution >= 0.6 is 0 Å². The first-order valence-electron chi connectivity index (χ1n) is 8.28. The third kappa shape index (κ3) is 3.44. The molecule has 0 radical (unpaired) electrons. The molecule has 0 aliphatic rings. The Bertz CT molecular complexity index is 1140. The molecule has 0 aliphatic heterocycles. The zero-order chi connectivity index (χ0) is 20.4.